The lowest BCUT2D eigenvalue weighted by molar-refractivity contribution is 0.0743. The van der Waals surface area contributed by atoms with Crippen LogP contribution in [0.2, 0.25) is 0 Å². The van der Waals surface area contributed by atoms with Crippen LogP contribution in [0.1, 0.15) is 13.8 Å². The Morgan fingerprint density at radius 3 is 2.12 bits per heavy atom. The molecule has 0 aromatic rings. The van der Waals surface area contributed by atoms with Crippen LogP contribution in [0.4, 0.5) is 0 Å². The summed E-state index contributed by atoms with van der Waals surface area (Å²) in [6.45, 7) is 3.86. The van der Waals surface area contributed by atoms with Gasteiger partial charge in [-0.25, -0.2) is 0 Å². The summed E-state index contributed by atoms with van der Waals surface area (Å²) in [5.41, 5.74) is -0.277. The minimum absolute atomic E-state index is 0.277. The predicted molar refractivity (Wildman–Crippen MR) is 42.9 cm³/mol. The van der Waals surface area contributed by atoms with Crippen LogP contribution < -0.4 is 0 Å². The molecule has 2 heteroatoms. The van der Waals surface area contributed by atoms with Crippen LogP contribution in [0, 0.1) is 9.85 Å². The normalized spacial score (nSPS) is 10.0. The monoisotopic (exact) mass is 224 g/mol. The quantitative estimate of drug-likeness (QED) is 0.487. The molecule has 0 aliphatic heterocycles. The maximum Gasteiger partial charge on any atom is 0.123 e. The molecule has 0 amide bonds. The lowest BCUT2D eigenvalue weighted by Gasteiger charge is -2.13. The van der Waals surface area contributed by atoms with Crippen LogP contribution in [0.15, 0.2) is 0 Å². The number of methoxy groups -OCH3 is 1. The van der Waals surface area contributed by atoms with Gasteiger partial charge in [0.15, 0.2) is 0 Å². The van der Waals surface area contributed by atoms with E-state index in [1.165, 1.54) is 0 Å². The van der Waals surface area contributed by atoms with E-state index in [-0.39, 0.29) is 5.60 Å². The molecule has 0 atom stereocenters. The van der Waals surface area contributed by atoms with Gasteiger partial charge in [-0.15, -0.1) is 0 Å². The molecule has 0 unspecified atom stereocenters. The fraction of sp³-hybridized carbons (Fsp3) is 0.667. The van der Waals surface area contributed by atoms with Gasteiger partial charge in [0.05, 0.1) is 0 Å². The Morgan fingerprint density at radius 2 is 2.00 bits per heavy atom. The van der Waals surface area contributed by atoms with Crippen LogP contribution in [0.3, 0.4) is 0 Å². The highest BCUT2D eigenvalue weighted by atomic mass is 127. The zero-order valence-electron chi connectivity index (χ0n) is 5.29. The van der Waals surface area contributed by atoms with Crippen molar-refractivity contribution >= 4 is 22.6 Å². The Labute approximate surface area is 63.9 Å². The largest absolute Gasteiger partial charge is 0.366 e. The molecule has 0 aromatic carbocycles. The van der Waals surface area contributed by atoms with Gasteiger partial charge in [-0.05, 0) is 17.8 Å². The summed E-state index contributed by atoms with van der Waals surface area (Å²) in [6, 6.07) is 0. The molecule has 1 nitrogen and oxygen atoms in total. The van der Waals surface area contributed by atoms with E-state index in [0.717, 1.165) is 0 Å². The fourth-order valence-corrected chi connectivity index (χ4v) is 0.814. The molecule has 0 spiro atoms. The number of halogens is 1. The van der Waals surface area contributed by atoms with E-state index in [1.807, 2.05) is 36.4 Å². The van der Waals surface area contributed by atoms with E-state index in [2.05, 4.69) is 9.85 Å². The molecule has 46 valence electrons. The van der Waals surface area contributed by atoms with Crippen LogP contribution in [-0.4, -0.2) is 12.7 Å². The molecule has 0 N–H and O–H groups in total. The maximum atomic E-state index is 5.00. The first-order chi connectivity index (χ1) is 3.62. The summed E-state index contributed by atoms with van der Waals surface area (Å²) in [5, 5.41) is 0. The molecule has 0 fully saturated rings. The molecule has 0 bridgehead atoms. The molecule has 0 radical (unpaired) electrons. The standard InChI is InChI=1S/C6H9IO/c1-6(2,8-3)4-5-7/h1-3H3. The molecule has 0 saturated carbocycles. The van der Waals surface area contributed by atoms with E-state index >= 15 is 0 Å². The first-order valence-corrected chi connectivity index (χ1v) is 3.38. The van der Waals surface area contributed by atoms with E-state index in [4.69, 9.17) is 4.74 Å². The highest BCUT2D eigenvalue weighted by Gasteiger charge is 2.09. The molecule has 8 heavy (non-hydrogen) atoms. The maximum absolute atomic E-state index is 5.00. The second-order valence-electron chi connectivity index (χ2n) is 1.93. The minimum atomic E-state index is -0.277. The highest BCUT2D eigenvalue weighted by Crippen LogP contribution is 2.04. The Morgan fingerprint density at radius 1 is 1.50 bits per heavy atom. The summed E-state index contributed by atoms with van der Waals surface area (Å²) < 4.78 is 7.75. The molecular formula is C6H9IO. The van der Waals surface area contributed by atoms with Gasteiger partial charge in [-0.1, -0.05) is 5.92 Å². The van der Waals surface area contributed by atoms with Crippen LogP contribution in [-0.2, 0) is 4.74 Å². The van der Waals surface area contributed by atoms with Gasteiger partial charge in [0.1, 0.15) is 5.60 Å². The molecule has 0 aliphatic rings. The number of hydrogen-bond donors (Lipinski definition) is 0. The van der Waals surface area contributed by atoms with Gasteiger partial charge in [0, 0.05) is 29.7 Å². The van der Waals surface area contributed by atoms with Gasteiger partial charge in [-0.2, -0.15) is 0 Å². The fourth-order valence-electron chi connectivity index (χ4n) is 0.165. The van der Waals surface area contributed by atoms with E-state index in [1.54, 1.807) is 7.11 Å². The lowest BCUT2D eigenvalue weighted by Crippen LogP contribution is -2.18. The van der Waals surface area contributed by atoms with Gasteiger partial charge < -0.3 is 4.74 Å². The number of hydrogen-bond acceptors (Lipinski definition) is 1. The summed E-state index contributed by atoms with van der Waals surface area (Å²) >= 11 is 1.99. The molecule has 0 rings (SSSR count). The topological polar surface area (TPSA) is 9.23 Å². The minimum Gasteiger partial charge on any atom is -0.366 e. The van der Waals surface area contributed by atoms with Crippen molar-refractivity contribution in [1.82, 2.24) is 0 Å². The molecule has 0 heterocycles. The molecule has 0 aromatic heterocycles. The van der Waals surface area contributed by atoms with E-state index < -0.39 is 0 Å². The Kier molecular flexibility index (Phi) is 3.41. The number of ether oxygens (including phenoxy) is 1. The lowest BCUT2D eigenvalue weighted by atomic mass is 10.2. The molecule has 0 aliphatic carbocycles. The van der Waals surface area contributed by atoms with Crippen molar-refractivity contribution in [1.29, 1.82) is 0 Å². The van der Waals surface area contributed by atoms with E-state index in [9.17, 15) is 0 Å². The smallest absolute Gasteiger partial charge is 0.123 e. The van der Waals surface area contributed by atoms with Crippen molar-refractivity contribution < 1.29 is 4.74 Å². The third-order valence-electron chi connectivity index (χ3n) is 0.859. The average molecular weight is 224 g/mol. The Balaban J connectivity index is 3.85. The van der Waals surface area contributed by atoms with Crippen molar-refractivity contribution in [2.24, 2.45) is 0 Å². The highest BCUT2D eigenvalue weighted by molar-refractivity contribution is 14.1. The van der Waals surface area contributed by atoms with Crippen molar-refractivity contribution in [2.45, 2.75) is 19.4 Å². The van der Waals surface area contributed by atoms with Crippen molar-refractivity contribution in [3.05, 3.63) is 0 Å². The zero-order chi connectivity index (χ0) is 6.62. The Bertz CT molecular complexity index is 118. The van der Waals surface area contributed by atoms with E-state index in [0.29, 0.717) is 0 Å². The van der Waals surface area contributed by atoms with Gasteiger partial charge in [0.2, 0.25) is 0 Å². The first kappa shape index (κ1) is 8.25. The van der Waals surface area contributed by atoms with Gasteiger partial charge in [0.25, 0.3) is 0 Å². The van der Waals surface area contributed by atoms with Crippen molar-refractivity contribution in [3.8, 4) is 9.85 Å². The molecule has 0 saturated heterocycles. The van der Waals surface area contributed by atoms with Crippen molar-refractivity contribution in [2.75, 3.05) is 7.11 Å². The van der Waals surface area contributed by atoms with Gasteiger partial charge in [-0.3, -0.25) is 0 Å². The first-order valence-electron chi connectivity index (χ1n) is 2.30. The SMILES string of the molecule is COC(C)(C)C#CI. The third kappa shape index (κ3) is 3.28. The number of rotatable bonds is 1. The van der Waals surface area contributed by atoms with Crippen LogP contribution >= 0.6 is 22.6 Å². The summed E-state index contributed by atoms with van der Waals surface area (Å²) in [6.07, 6.45) is 0. The van der Waals surface area contributed by atoms with Crippen molar-refractivity contribution in [3.63, 3.8) is 0 Å². The second kappa shape index (κ2) is 3.31. The third-order valence-corrected chi connectivity index (χ3v) is 1.13. The second-order valence-corrected chi connectivity index (χ2v) is 2.47. The predicted octanol–water partition coefficient (Wildman–Crippen LogP) is 1.81. The van der Waals surface area contributed by atoms with Crippen LogP contribution in [0.25, 0.3) is 0 Å². The Hall–Kier alpha value is 0.250. The summed E-state index contributed by atoms with van der Waals surface area (Å²) in [7, 11) is 1.65. The van der Waals surface area contributed by atoms with Crippen LogP contribution in [0.5, 0.6) is 0 Å². The summed E-state index contributed by atoms with van der Waals surface area (Å²) in [5.74, 6) is 2.89. The van der Waals surface area contributed by atoms with Gasteiger partial charge >= 0.3 is 0 Å². The zero-order valence-corrected chi connectivity index (χ0v) is 7.44. The average Bonchev–Trinajstić information content (AvgIpc) is 1.67. The summed E-state index contributed by atoms with van der Waals surface area (Å²) in [4.78, 5) is 0. The molecular weight excluding hydrogens is 215 g/mol.